The van der Waals surface area contributed by atoms with E-state index in [4.69, 9.17) is 9.68 Å². The van der Waals surface area contributed by atoms with Crippen molar-refractivity contribution >= 4 is 5.91 Å². The molecule has 90 valence electrons. The lowest BCUT2D eigenvalue weighted by molar-refractivity contribution is -0.119. The number of furan rings is 1. The van der Waals surface area contributed by atoms with Crippen LogP contribution in [0.3, 0.4) is 0 Å². The van der Waals surface area contributed by atoms with Crippen molar-refractivity contribution < 1.29 is 9.21 Å². The third-order valence-corrected chi connectivity index (χ3v) is 2.49. The molecular formula is C14H12N2O2. The fourth-order valence-corrected chi connectivity index (χ4v) is 1.62. The van der Waals surface area contributed by atoms with Crippen LogP contribution in [-0.2, 0) is 11.3 Å². The molecule has 0 fully saturated rings. The Hall–Kier alpha value is -2.54. The maximum absolute atomic E-state index is 10.8. The van der Waals surface area contributed by atoms with E-state index in [2.05, 4.69) is 11.4 Å². The number of hydrogen-bond donors (Lipinski definition) is 1. The van der Waals surface area contributed by atoms with Crippen molar-refractivity contribution in [1.29, 1.82) is 5.26 Å². The Morgan fingerprint density at radius 1 is 1.33 bits per heavy atom. The van der Waals surface area contributed by atoms with Crippen LogP contribution in [0.5, 0.6) is 0 Å². The molecule has 0 aliphatic heterocycles. The number of hydrogen-bond acceptors (Lipinski definition) is 3. The molecule has 4 nitrogen and oxygen atoms in total. The smallest absolute Gasteiger partial charge is 0.217 e. The SMILES string of the molecule is CC(=O)NCc1ccc(-c2ccccc2C#N)o1. The van der Waals surface area contributed by atoms with Gasteiger partial charge in [-0.25, -0.2) is 0 Å². The molecule has 18 heavy (non-hydrogen) atoms. The van der Waals surface area contributed by atoms with Gasteiger partial charge in [-0.1, -0.05) is 12.1 Å². The number of benzene rings is 1. The van der Waals surface area contributed by atoms with Crippen molar-refractivity contribution in [3.8, 4) is 17.4 Å². The highest BCUT2D eigenvalue weighted by atomic mass is 16.3. The molecule has 1 N–H and O–H groups in total. The van der Waals surface area contributed by atoms with Crippen LogP contribution >= 0.6 is 0 Å². The first-order valence-electron chi connectivity index (χ1n) is 5.53. The highest BCUT2D eigenvalue weighted by Gasteiger charge is 2.08. The van der Waals surface area contributed by atoms with Gasteiger partial charge in [0.15, 0.2) is 0 Å². The number of rotatable bonds is 3. The first-order chi connectivity index (χ1) is 8.70. The van der Waals surface area contributed by atoms with Gasteiger partial charge < -0.3 is 9.73 Å². The summed E-state index contributed by atoms with van der Waals surface area (Å²) in [6.45, 7) is 1.80. The largest absolute Gasteiger partial charge is 0.459 e. The summed E-state index contributed by atoms with van der Waals surface area (Å²) >= 11 is 0. The van der Waals surface area contributed by atoms with E-state index in [9.17, 15) is 4.79 Å². The van der Waals surface area contributed by atoms with E-state index in [0.29, 0.717) is 23.6 Å². The first kappa shape index (κ1) is 11.9. The zero-order valence-corrected chi connectivity index (χ0v) is 9.93. The minimum atomic E-state index is -0.106. The maximum Gasteiger partial charge on any atom is 0.217 e. The average molecular weight is 240 g/mol. The molecule has 0 radical (unpaired) electrons. The van der Waals surface area contributed by atoms with Crippen LogP contribution in [0.25, 0.3) is 11.3 Å². The van der Waals surface area contributed by atoms with Gasteiger partial charge in [-0.05, 0) is 24.3 Å². The summed E-state index contributed by atoms with van der Waals surface area (Å²) in [5, 5.41) is 11.7. The molecule has 1 heterocycles. The second-order valence-electron chi connectivity index (χ2n) is 3.83. The summed E-state index contributed by atoms with van der Waals surface area (Å²) in [7, 11) is 0. The Morgan fingerprint density at radius 2 is 2.11 bits per heavy atom. The van der Waals surface area contributed by atoms with Gasteiger partial charge in [0.1, 0.15) is 11.5 Å². The van der Waals surface area contributed by atoms with Gasteiger partial charge in [0.05, 0.1) is 18.2 Å². The van der Waals surface area contributed by atoms with E-state index in [1.807, 2.05) is 18.2 Å². The summed E-state index contributed by atoms with van der Waals surface area (Å²) in [5.41, 5.74) is 1.33. The van der Waals surface area contributed by atoms with E-state index in [0.717, 1.165) is 5.56 Å². The average Bonchev–Trinajstić information content (AvgIpc) is 2.85. The van der Waals surface area contributed by atoms with Crippen LogP contribution in [0, 0.1) is 11.3 Å². The van der Waals surface area contributed by atoms with Crippen molar-refractivity contribution in [3.05, 3.63) is 47.7 Å². The quantitative estimate of drug-likeness (QED) is 0.896. The molecule has 0 aliphatic rings. The summed E-state index contributed by atoms with van der Waals surface area (Å²) < 4.78 is 5.60. The number of carbonyl (C=O) groups is 1. The lowest BCUT2D eigenvalue weighted by atomic mass is 10.1. The van der Waals surface area contributed by atoms with Gasteiger partial charge >= 0.3 is 0 Å². The van der Waals surface area contributed by atoms with Gasteiger partial charge in [0, 0.05) is 12.5 Å². The normalized spacial score (nSPS) is 9.78. The van der Waals surface area contributed by atoms with Crippen molar-refractivity contribution in [2.24, 2.45) is 0 Å². The number of nitrogens with one attached hydrogen (secondary N) is 1. The molecule has 0 aliphatic carbocycles. The predicted octanol–water partition coefficient (Wildman–Crippen LogP) is 2.45. The summed E-state index contributed by atoms with van der Waals surface area (Å²) in [4.78, 5) is 10.8. The van der Waals surface area contributed by atoms with Crippen molar-refractivity contribution in [1.82, 2.24) is 5.32 Å². The Bertz CT molecular complexity index is 608. The van der Waals surface area contributed by atoms with Gasteiger partial charge in [0.2, 0.25) is 5.91 Å². The lowest BCUT2D eigenvalue weighted by Crippen LogP contribution is -2.18. The highest BCUT2D eigenvalue weighted by molar-refractivity contribution is 5.72. The molecule has 2 rings (SSSR count). The van der Waals surface area contributed by atoms with Crippen LogP contribution in [0.15, 0.2) is 40.8 Å². The highest BCUT2D eigenvalue weighted by Crippen LogP contribution is 2.25. The fraction of sp³-hybridized carbons (Fsp3) is 0.143. The van der Waals surface area contributed by atoms with Crippen molar-refractivity contribution in [3.63, 3.8) is 0 Å². The van der Waals surface area contributed by atoms with Crippen LogP contribution in [0.1, 0.15) is 18.2 Å². The predicted molar refractivity (Wildman–Crippen MR) is 66.4 cm³/mol. The molecule has 1 aromatic heterocycles. The summed E-state index contributed by atoms with van der Waals surface area (Å²) in [5.74, 6) is 1.19. The Labute approximate surface area is 105 Å². The van der Waals surface area contributed by atoms with Crippen LogP contribution in [-0.4, -0.2) is 5.91 Å². The standard InChI is InChI=1S/C14H12N2O2/c1-10(17)16-9-12-6-7-14(18-12)13-5-3-2-4-11(13)8-15/h2-7H,9H2,1H3,(H,16,17). The minimum absolute atomic E-state index is 0.106. The van der Waals surface area contributed by atoms with Crippen LogP contribution < -0.4 is 5.32 Å². The molecule has 1 aromatic carbocycles. The first-order valence-corrected chi connectivity index (χ1v) is 5.53. The molecule has 0 unspecified atom stereocenters. The molecule has 0 saturated heterocycles. The Balaban J connectivity index is 2.24. The monoisotopic (exact) mass is 240 g/mol. The molecule has 4 heteroatoms. The molecule has 0 atom stereocenters. The molecule has 1 amide bonds. The number of nitrogens with zero attached hydrogens (tertiary/aromatic N) is 1. The third kappa shape index (κ3) is 2.58. The second kappa shape index (κ2) is 5.19. The molecule has 0 spiro atoms. The Morgan fingerprint density at radius 3 is 2.83 bits per heavy atom. The van der Waals surface area contributed by atoms with Gasteiger partial charge in [-0.15, -0.1) is 0 Å². The maximum atomic E-state index is 10.8. The van der Waals surface area contributed by atoms with E-state index in [1.165, 1.54) is 6.92 Å². The summed E-state index contributed by atoms with van der Waals surface area (Å²) in [6.07, 6.45) is 0. The number of amides is 1. The van der Waals surface area contributed by atoms with Crippen LogP contribution in [0.4, 0.5) is 0 Å². The van der Waals surface area contributed by atoms with Crippen LogP contribution in [0.2, 0.25) is 0 Å². The van der Waals surface area contributed by atoms with Crippen molar-refractivity contribution in [2.45, 2.75) is 13.5 Å². The molecule has 0 saturated carbocycles. The fourth-order valence-electron chi connectivity index (χ4n) is 1.62. The van der Waals surface area contributed by atoms with Crippen molar-refractivity contribution in [2.75, 3.05) is 0 Å². The number of nitriles is 1. The van der Waals surface area contributed by atoms with Gasteiger partial charge in [-0.3, -0.25) is 4.79 Å². The second-order valence-corrected chi connectivity index (χ2v) is 3.83. The molecular weight excluding hydrogens is 228 g/mol. The van der Waals surface area contributed by atoms with E-state index >= 15 is 0 Å². The van der Waals surface area contributed by atoms with E-state index < -0.39 is 0 Å². The zero-order chi connectivity index (χ0) is 13.0. The lowest BCUT2D eigenvalue weighted by Gasteiger charge is -2.00. The summed E-state index contributed by atoms with van der Waals surface area (Å²) in [6, 6.07) is 13.0. The molecule has 2 aromatic rings. The molecule has 0 bridgehead atoms. The third-order valence-electron chi connectivity index (χ3n) is 2.49. The van der Waals surface area contributed by atoms with Gasteiger partial charge in [-0.2, -0.15) is 5.26 Å². The van der Waals surface area contributed by atoms with E-state index in [1.54, 1.807) is 18.2 Å². The van der Waals surface area contributed by atoms with Gasteiger partial charge in [0.25, 0.3) is 0 Å². The Kier molecular flexibility index (Phi) is 3.44. The topological polar surface area (TPSA) is 66.0 Å². The van der Waals surface area contributed by atoms with E-state index in [-0.39, 0.29) is 5.91 Å². The minimum Gasteiger partial charge on any atom is -0.459 e. The zero-order valence-electron chi connectivity index (χ0n) is 9.93. The number of carbonyl (C=O) groups excluding carboxylic acids is 1.